The van der Waals surface area contributed by atoms with Gasteiger partial charge in [-0.05, 0) is 19.1 Å². The zero-order chi connectivity index (χ0) is 16.0. The zero-order valence-electron chi connectivity index (χ0n) is 11.9. The summed E-state index contributed by atoms with van der Waals surface area (Å²) >= 11 is 2.28. The van der Waals surface area contributed by atoms with E-state index in [1.807, 2.05) is 0 Å². The summed E-state index contributed by atoms with van der Waals surface area (Å²) in [6, 6.07) is 0. The third kappa shape index (κ3) is 2.88. The number of nitrogens with one attached hydrogen (secondary N) is 1. The molecule has 1 saturated carbocycles. The van der Waals surface area contributed by atoms with Gasteiger partial charge >= 0.3 is 6.18 Å². The molecule has 1 aromatic heterocycles. The number of thioether (sulfide) groups is 1. The van der Waals surface area contributed by atoms with E-state index in [0.717, 1.165) is 11.3 Å². The van der Waals surface area contributed by atoms with Crippen molar-refractivity contribution >= 4 is 39.6 Å². The fourth-order valence-electron chi connectivity index (χ4n) is 1.98. The van der Waals surface area contributed by atoms with Crippen molar-refractivity contribution in [1.29, 1.82) is 0 Å². The molecule has 1 aliphatic carbocycles. The molecule has 0 unspecified atom stereocenters. The Morgan fingerprint density at radius 2 is 2.00 bits per heavy atom. The van der Waals surface area contributed by atoms with Crippen LogP contribution in [0.5, 0.6) is 0 Å². The quantitative estimate of drug-likeness (QED) is 0.617. The van der Waals surface area contributed by atoms with Gasteiger partial charge in [-0.3, -0.25) is 4.79 Å². The molecular weight excluding hydrogens is 321 g/mol. The molecule has 0 spiro atoms. The van der Waals surface area contributed by atoms with Gasteiger partial charge in [-0.1, -0.05) is 13.8 Å². The van der Waals surface area contributed by atoms with Crippen LogP contribution >= 0.6 is 23.1 Å². The SMILES string of the molecule is CSc1c(NC2(C(F)(F)F)CC2)sc(C(=O)C(C)C)c1N. The van der Waals surface area contributed by atoms with E-state index in [0.29, 0.717) is 14.8 Å². The molecule has 1 heterocycles. The second-order valence-electron chi connectivity index (χ2n) is 5.43. The van der Waals surface area contributed by atoms with Crippen molar-refractivity contribution in [1.82, 2.24) is 0 Å². The molecule has 0 bridgehead atoms. The third-order valence-corrected chi connectivity index (χ3v) is 5.59. The van der Waals surface area contributed by atoms with Gasteiger partial charge in [0.25, 0.3) is 0 Å². The van der Waals surface area contributed by atoms with E-state index in [2.05, 4.69) is 5.32 Å². The molecule has 0 saturated heterocycles. The fourth-order valence-corrected chi connectivity index (χ4v) is 4.18. The van der Waals surface area contributed by atoms with Crippen molar-refractivity contribution in [2.75, 3.05) is 17.3 Å². The van der Waals surface area contributed by atoms with Crippen LogP contribution in [0.3, 0.4) is 0 Å². The number of halogens is 3. The Kier molecular flexibility index (Phi) is 4.23. The van der Waals surface area contributed by atoms with Crippen LogP contribution in [0.25, 0.3) is 0 Å². The van der Waals surface area contributed by atoms with Gasteiger partial charge < -0.3 is 11.1 Å². The molecule has 118 valence electrons. The van der Waals surface area contributed by atoms with Crippen LogP contribution in [0, 0.1) is 5.92 Å². The number of rotatable bonds is 5. The van der Waals surface area contributed by atoms with Gasteiger partial charge in [0.2, 0.25) is 0 Å². The van der Waals surface area contributed by atoms with E-state index in [1.165, 1.54) is 11.8 Å². The first-order valence-corrected chi connectivity index (χ1v) is 8.52. The van der Waals surface area contributed by atoms with Crippen molar-refractivity contribution in [2.24, 2.45) is 5.92 Å². The van der Waals surface area contributed by atoms with Crippen LogP contribution in [0.15, 0.2) is 4.90 Å². The largest absolute Gasteiger partial charge is 0.411 e. The van der Waals surface area contributed by atoms with Crippen LogP contribution in [-0.2, 0) is 0 Å². The third-order valence-electron chi connectivity index (χ3n) is 3.50. The number of thiophene rings is 1. The number of anilines is 2. The van der Waals surface area contributed by atoms with Crippen LogP contribution in [0.2, 0.25) is 0 Å². The highest BCUT2D eigenvalue weighted by Gasteiger charge is 2.63. The summed E-state index contributed by atoms with van der Waals surface area (Å²) < 4.78 is 39.1. The number of nitrogen functional groups attached to an aromatic ring is 1. The highest BCUT2D eigenvalue weighted by Crippen LogP contribution is 2.54. The maximum atomic E-state index is 13.0. The van der Waals surface area contributed by atoms with E-state index in [4.69, 9.17) is 5.73 Å². The van der Waals surface area contributed by atoms with Gasteiger partial charge in [0.15, 0.2) is 5.78 Å². The summed E-state index contributed by atoms with van der Waals surface area (Å²) in [5.41, 5.74) is 4.38. The minimum Gasteiger partial charge on any atom is -0.396 e. The number of Topliss-reactive ketones (excluding diaryl/α,β-unsaturated/α-hetero) is 1. The number of ketones is 1. The Balaban J connectivity index is 2.37. The molecular formula is C13H17F3N2OS2. The molecule has 8 heteroatoms. The lowest BCUT2D eigenvalue weighted by Gasteiger charge is -2.21. The molecule has 3 N–H and O–H groups in total. The summed E-state index contributed by atoms with van der Waals surface area (Å²) in [5.74, 6) is -0.385. The van der Waals surface area contributed by atoms with E-state index >= 15 is 0 Å². The summed E-state index contributed by atoms with van der Waals surface area (Å²) in [6.45, 7) is 3.48. The first-order valence-electron chi connectivity index (χ1n) is 6.48. The Bertz CT molecular complexity index is 562. The fraction of sp³-hybridized carbons (Fsp3) is 0.615. The molecule has 21 heavy (non-hydrogen) atoms. The molecule has 1 fully saturated rings. The number of hydrogen-bond donors (Lipinski definition) is 2. The molecule has 0 aliphatic heterocycles. The van der Waals surface area contributed by atoms with E-state index in [-0.39, 0.29) is 30.2 Å². The number of hydrogen-bond acceptors (Lipinski definition) is 5. The van der Waals surface area contributed by atoms with Crippen molar-refractivity contribution in [3.8, 4) is 0 Å². The van der Waals surface area contributed by atoms with E-state index < -0.39 is 11.7 Å². The van der Waals surface area contributed by atoms with Crippen LogP contribution < -0.4 is 11.1 Å². The van der Waals surface area contributed by atoms with Gasteiger partial charge in [-0.25, -0.2) is 0 Å². The van der Waals surface area contributed by atoms with E-state index in [1.54, 1.807) is 20.1 Å². The van der Waals surface area contributed by atoms with Crippen molar-refractivity contribution in [2.45, 2.75) is 43.3 Å². The zero-order valence-corrected chi connectivity index (χ0v) is 13.6. The van der Waals surface area contributed by atoms with Crippen LogP contribution in [0.1, 0.15) is 36.4 Å². The number of nitrogens with two attached hydrogens (primary N) is 1. The molecule has 0 atom stereocenters. The summed E-state index contributed by atoms with van der Waals surface area (Å²) in [7, 11) is 0. The number of carbonyl (C=O) groups excluding carboxylic acids is 1. The van der Waals surface area contributed by atoms with Crippen molar-refractivity contribution in [3.05, 3.63) is 4.88 Å². The second-order valence-corrected chi connectivity index (χ2v) is 7.27. The predicted octanol–water partition coefficient (Wildman–Crippen LogP) is 4.40. The summed E-state index contributed by atoms with van der Waals surface area (Å²) in [6.07, 6.45) is -2.46. The Labute approximate surface area is 129 Å². The molecule has 2 rings (SSSR count). The highest BCUT2D eigenvalue weighted by molar-refractivity contribution is 7.99. The monoisotopic (exact) mass is 338 g/mol. The lowest BCUT2D eigenvalue weighted by molar-refractivity contribution is -0.151. The summed E-state index contributed by atoms with van der Waals surface area (Å²) in [4.78, 5) is 13.0. The molecule has 0 amide bonds. The summed E-state index contributed by atoms with van der Waals surface area (Å²) in [5, 5.41) is 2.93. The smallest absolute Gasteiger partial charge is 0.396 e. The first-order chi connectivity index (χ1) is 9.63. The van der Waals surface area contributed by atoms with Crippen LogP contribution in [-0.4, -0.2) is 23.8 Å². The molecule has 1 aliphatic rings. The average Bonchev–Trinajstić information content (AvgIpc) is 3.09. The topological polar surface area (TPSA) is 55.1 Å². The average molecular weight is 338 g/mol. The maximum Gasteiger partial charge on any atom is 0.411 e. The maximum absolute atomic E-state index is 13.0. The Morgan fingerprint density at radius 1 is 1.43 bits per heavy atom. The van der Waals surface area contributed by atoms with Crippen LogP contribution in [0.4, 0.5) is 23.9 Å². The number of alkyl halides is 3. The lowest BCUT2D eigenvalue weighted by Crippen LogP contribution is -2.38. The van der Waals surface area contributed by atoms with Gasteiger partial charge in [0, 0.05) is 5.92 Å². The Hall–Kier alpha value is -0.890. The minimum absolute atomic E-state index is 0.0512. The lowest BCUT2D eigenvalue weighted by atomic mass is 10.1. The van der Waals surface area contributed by atoms with Crippen molar-refractivity contribution < 1.29 is 18.0 Å². The van der Waals surface area contributed by atoms with Gasteiger partial charge in [-0.2, -0.15) is 13.2 Å². The second kappa shape index (κ2) is 5.39. The van der Waals surface area contributed by atoms with Gasteiger partial charge in [0.05, 0.1) is 15.5 Å². The molecule has 3 nitrogen and oxygen atoms in total. The van der Waals surface area contributed by atoms with E-state index in [9.17, 15) is 18.0 Å². The van der Waals surface area contributed by atoms with Gasteiger partial charge in [0.1, 0.15) is 10.5 Å². The standard InChI is InChI=1S/C13H17F3N2OS2/c1-6(2)8(19)9-7(17)10(20-3)11(21-9)18-12(4-5-12)13(14,15)16/h6,18H,4-5,17H2,1-3H3. The highest BCUT2D eigenvalue weighted by atomic mass is 32.2. The molecule has 1 aromatic rings. The minimum atomic E-state index is -4.30. The van der Waals surface area contributed by atoms with Crippen molar-refractivity contribution in [3.63, 3.8) is 0 Å². The first kappa shape index (κ1) is 16.5. The predicted molar refractivity (Wildman–Crippen MR) is 81.3 cm³/mol. The number of carbonyl (C=O) groups is 1. The normalized spacial score (nSPS) is 17.1. The molecule has 0 aromatic carbocycles. The Morgan fingerprint density at radius 3 is 2.38 bits per heavy atom. The van der Waals surface area contributed by atoms with Gasteiger partial charge in [-0.15, -0.1) is 23.1 Å². The molecule has 0 radical (unpaired) electrons.